The molecule has 0 spiro atoms. The van der Waals surface area contributed by atoms with Crippen LogP contribution < -0.4 is 9.47 Å². The maximum Gasteiger partial charge on any atom is 0.339 e. The van der Waals surface area contributed by atoms with E-state index in [2.05, 4.69) is 0 Å². The molecular formula is C20H20O4. The van der Waals surface area contributed by atoms with Gasteiger partial charge < -0.3 is 9.47 Å². The van der Waals surface area contributed by atoms with Crippen molar-refractivity contribution in [1.82, 2.24) is 0 Å². The Kier molecular flexibility index (Phi) is 6.32. The molecule has 124 valence electrons. The Bertz CT molecular complexity index is 654. The Hall–Kier alpha value is -2.88. The van der Waals surface area contributed by atoms with E-state index in [0.29, 0.717) is 35.5 Å². The molecule has 2 aromatic rings. The maximum absolute atomic E-state index is 12.4. The van der Waals surface area contributed by atoms with E-state index in [0.717, 1.165) is 0 Å². The summed E-state index contributed by atoms with van der Waals surface area (Å²) < 4.78 is 10.7. The fourth-order valence-corrected chi connectivity index (χ4v) is 2.28. The number of para-hydroxylation sites is 2. The summed E-state index contributed by atoms with van der Waals surface area (Å²) in [7, 11) is 0. The van der Waals surface area contributed by atoms with Gasteiger partial charge in [0.05, 0.1) is 0 Å². The van der Waals surface area contributed by atoms with Crippen LogP contribution in [0, 0.1) is 0 Å². The summed E-state index contributed by atoms with van der Waals surface area (Å²) in [5, 5.41) is 0. The molecule has 2 rings (SSSR count). The lowest BCUT2D eigenvalue weighted by Gasteiger charge is -2.12. The van der Waals surface area contributed by atoms with E-state index in [4.69, 9.17) is 9.47 Å². The zero-order valence-corrected chi connectivity index (χ0v) is 13.8. The molecule has 0 N–H and O–H groups in total. The van der Waals surface area contributed by atoms with Gasteiger partial charge in [0.2, 0.25) is 0 Å². The lowest BCUT2D eigenvalue weighted by Crippen LogP contribution is -2.19. The molecule has 0 unspecified atom stereocenters. The van der Waals surface area contributed by atoms with Crippen molar-refractivity contribution in [1.29, 1.82) is 0 Å². The van der Waals surface area contributed by atoms with Gasteiger partial charge >= 0.3 is 11.9 Å². The summed E-state index contributed by atoms with van der Waals surface area (Å²) in [5.74, 6) is -0.156. The number of carbonyl (C=O) groups excluding carboxylic acids is 2. The van der Waals surface area contributed by atoms with Crippen LogP contribution in [0.15, 0.2) is 71.8 Å². The highest BCUT2D eigenvalue weighted by atomic mass is 16.5. The van der Waals surface area contributed by atoms with Crippen molar-refractivity contribution in [2.75, 3.05) is 0 Å². The molecule has 0 heterocycles. The zero-order valence-electron chi connectivity index (χ0n) is 13.8. The van der Waals surface area contributed by atoms with Crippen molar-refractivity contribution < 1.29 is 19.1 Å². The second-order valence-electron chi connectivity index (χ2n) is 5.07. The zero-order chi connectivity index (χ0) is 17.4. The van der Waals surface area contributed by atoms with E-state index in [1.165, 1.54) is 0 Å². The molecule has 0 aliphatic carbocycles. The first-order valence-electron chi connectivity index (χ1n) is 7.92. The second-order valence-corrected chi connectivity index (χ2v) is 5.07. The highest BCUT2D eigenvalue weighted by molar-refractivity contribution is 6.01. The second kappa shape index (κ2) is 8.67. The number of ether oxygens (including phenoxy) is 2. The largest absolute Gasteiger partial charge is 0.423 e. The average molecular weight is 324 g/mol. The van der Waals surface area contributed by atoms with Crippen molar-refractivity contribution in [3.63, 3.8) is 0 Å². The lowest BCUT2D eigenvalue weighted by molar-refractivity contribution is -0.133. The quantitative estimate of drug-likeness (QED) is 0.451. The predicted molar refractivity (Wildman–Crippen MR) is 91.8 cm³/mol. The van der Waals surface area contributed by atoms with Gasteiger partial charge in [0.25, 0.3) is 0 Å². The van der Waals surface area contributed by atoms with Crippen LogP contribution in [0.5, 0.6) is 11.5 Å². The summed E-state index contributed by atoms with van der Waals surface area (Å²) >= 11 is 0. The van der Waals surface area contributed by atoms with Crippen LogP contribution in [0.25, 0.3) is 0 Å². The first-order valence-corrected chi connectivity index (χ1v) is 7.92. The van der Waals surface area contributed by atoms with Crippen molar-refractivity contribution >= 4 is 11.9 Å². The smallest absolute Gasteiger partial charge is 0.339 e. The van der Waals surface area contributed by atoms with Crippen LogP contribution in [-0.2, 0) is 9.59 Å². The molecular weight excluding hydrogens is 304 g/mol. The van der Waals surface area contributed by atoms with Gasteiger partial charge in [-0.2, -0.15) is 0 Å². The van der Waals surface area contributed by atoms with Crippen LogP contribution in [-0.4, -0.2) is 11.9 Å². The van der Waals surface area contributed by atoms with Crippen molar-refractivity contribution in [2.24, 2.45) is 0 Å². The Morgan fingerprint density at radius 1 is 0.667 bits per heavy atom. The van der Waals surface area contributed by atoms with E-state index in [1.54, 1.807) is 48.5 Å². The van der Waals surface area contributed by atoms with E-state index >= 15 is 0 Å². The topological polar surface area (TPSA) is 52.6 Å². The summed E-state index contributed by atoms with van der Waals surface area (Å²) in [6.45, 7) is 3.63. The minimum atomic E-state index is -0.523. The van der Waals surface area contributed by atoms with Gasteiger partial charge in [-0.3, -0.25) is 0 Å². The van der Waals surface area contributed by atoms with Crippen LogP contribution >= 0.6 is 0 Å². The number of hydrogen-bond acceptors (Lipinski definition) is 4. The summed E-state index contributed by atoms with van der Waals surface area (Å²) in [5.41, 5.74) is 0.671. The number of benzene rings is 2. The Morgan fingerprint density at radius 3 is 1.29 bits per heavy atom. The molecule has 0 aliphatic rings. The molecule has 4 heteroatoms. The first kappa shape index (κ1) is 17.5. The molecule has 0 aromatic heterocycles. The molecule has 0 fully saturated rings. The predicted octanol–water partition coefficient (Wildman–Crippen LogP) is 4.31. The van der Waals surface area contributed by atoms with Gasteiger partial charge in [-0.1, -0.05) is 50.2 Å². The standard InChI is InChI=1S/C20H20O4/c1-3-17(19(21)23-15-11-7-5-8-12-15)18(4-2)20(22)24-16-13-9-6-10-14-16/h5-14H,3-4H2,1-2H3/b18-17+. The average Bonchev–Trinajstić information content (AvgIpc) is 2.61. The molecule has 0 saturated carbocycles. The molecule has 4 nitrogen and oxygen atoms in total. The van der Waals surface area contributed by atoms with E-state index in [-0.39, 0.29) is 0 Å². The molecule has 0 bridgehead atoms. The monoisotopic (exact) mass is 324 g/mol. The number of rotatable bonds is 6. The minimum Gasteiger partial charge on any atom is -0.423 e. The van der Waals surface area contributed by atoms with Crippen LogP contribution in [0.1, 0.15) is 26.7 Å². The van der Waals surface area contributed by atoms with Crippen LogP contribution in [0.4, 0.5) is 0 Å². The Balaban J connectivity index is 2.21. The molecule has 0 saturated heterocycles. The van der Waals surface area contributed by atoms with E-state index in [1.807, 2.05) is 26.0 Å². The summed E-state index contributed by atoms with van der Waals surface area (Å²) in [4.78, 5) is 24.8. The van der Waals surface area contributed by atoms with E-state index in [9.17, 15) is 9.59 Å². The molecule has 0 aliphatic heterocycles. The summed E-state index contributed by atoms with van der Waals surface area (Å²) in [6.07, 6.45) is 0.775. The SMILES string of the molecule is CC/C(C(=O)Oc1ccccc1)=C(/CC)C(=O)Oc1ccccc1. The van der Waals surface area contributed by atoms with Gasteiger partial charge in [-0.05, 0) is 37.1 Å². The fourth-order valence-electron chi connectivity index (χ4n) is 2.28. The molecule has 2 aromatic carbocycles. The van der Waals surface area contributed by atoms with Crippen molar-refractivity contribution in [2.45, 2.75) is 26.7 Å². The third-order valence-electron chi connectivity index (χ3n) is 3.47. The molecule has 0 atom stereocenters. The number of carbonyl (C=O) groups is 2. The van der Waals surface area contributed by atoms with Crippen LogP contribution in [0.3, 0.4) is 0 Å². The van der Waals surface area contributed by atoms with E-state index < -0.39 is 11.9 Å². The fraction of sp³-hybridized carbons (Fsp3) is 0.200. The normalized spacial score (nSPS) is 11.4. The first-order chi connectivity index (χ1) is 11.7. The number of esters is 2. The van der Waals surface area contributed by atoms with Crippen molar-refractivity contribution in [3.8, 4) is 11.5 Å². The minimum absolute atomic E-state index is 0.335. The van der Waals surface area contributed by atoms with Gasteiger partial charge in [0, 0.05) is 11.1 Å². The maximum atomic E-state index is 12.4. The van der Waals surface area contributed by atoms with Crippen molar-refractivity contribution in [3.05, 3.63) is 71.8 Å². The third kappa shape index (κ3) is 4.56. The van der Waals surface area contributed by atoms with Gasteiger partial charge in [0.1, 0.15) is 11.5 Å². The lowest BCUT2D eigenvalue weighted by atomic mass is 10.0. The number of hydrogen-bond donors (Lipinski definition) is 0. The highest BCUT2D eigenvalue weighted by Crippen LogP contribution is 2.20. The van der Waals surface area contributed by atoms with Gasteiger partial charge in [-0.15, -0.1) is 0 Å². The van der Waals surface area contributed by atoms with Gasteiger partial charge in [0.15, 0.2) is 0 Å². The Labute approximate surface area is 141 Å². The molecule has 0 radical (unpaired) electrons. The third-order valence-corrected chi connectivity index (χ3v) is 3.47. The van der Waals surface area contributed by atoms with Gasteiger partial charge in [-0.25, -0.2) is 9.59 Å². The summed E-state index contributed by atoms with van der Waals surface area (Å²) in [6, 6.07) is 17.6. The van der Waals surface area contributed by atoms with Crippen LogP contribution in [0.2, 0.25) is 0 Å². The molecule has 0 amide bonds. The highest BCUT2D eigenvalue weighted by Gasteiger charge is 2.21. The molecule has 24 heavy (non-hydrogen) atoms. The Morgan fingerprint density at radius 2 is 1.00 bits per heavy atom.